The summed E-state index contributed by atoms with van der Waals surface area (Å²) in [7, 11) is 3.94. The molecule has 0 saturated heterocycles. The Balaban J connectivity index is 2.13. The molecule has 0 spiro atoms. The molecule has 0 saturated carbocycles. The number of nitrogens with one attached hydrogen (secondary N) is 2. The Kier molecular flexibility index (Phi) is 5.81. The Bertz CT molecular complexity index is 643. The van der Waals surface area contributed by atoms with Crippen LogP contribution < -0.4 is 10.6 Å². The van der Waals surface area contributed by atoms with Crippen LogP contribution in [0.5, 0.6) is 0 Å². The Morgan fingerprint density at radius 3 is 2.36 bits per heavy atom. The molecule has 0 atom stereocenters. The number of hydrogen-bond acceptors (Lipinski definition) is 3. The third-order valence-electron chi connectivity index (χ3n) is 3.16. The van der Waals surface area contributed by atoms with Gasteiger partial charge in [-0.2, -0.15) is 0 Å². The van der Waals surface area contributed by atoms with Crippen LogP contribution in [0.25, 0.3) is 0 Å². The first-order valence-corrected chi connectivity index (χ1v) is 7.49. The summed E-state index contributed by atoms with van der Waals surface area (Å²) in [6, 6.07) is 14.8. The molecule has 2 aromatic carbocycles. The van der Waals surface area contributed by atoms with Gasteiger partial charge in [0.1, 0.15) is 0 Å². The van der Waals surface area contributed by atoms with Gasteiger partial charge in [0.05, 0.1) is 22.0 Å². The van der Waals surface area contributed by atoms with Crippen molar-refractivity contribution in [3.05, 3.63) is 59.1 Å². The summed E-state index contributed by atoms with van der Waals surface area (Å²) in [6.07, 6.45) is 0. The summed E-state index contributed by atoms with van der Waals surface area (Å²) < 4.78 is 0. The minimum atomic E-state index is -0.1000. The molecule has 1 amide bonds. The summed E-state index contributed by atoms with van der Waals surface area (Å²) >= 11 is 6.16. The normalized spacial score (nSPS) is 10.5. The number of para-hydroxylation sites is 2. The zero-order valence-electron chi connectivity index (χ0n) is 12.8. The van der Waals surface area contributed by atoms with Gasteiger partial charge in [0.25, 0.3) is 5.91 Å². The van der Waals surface area contributed by atoms with Crippen LogP contribution in [0, 0.1) is 0 Å². The highest BCUT2D eigenvalue weighted by Crippen LogP contribution is 2.26. The first kappa shape index (κ1) is 16.3. The topological polar surface area (TPSA) is 44.4 Å². The molecule has 4 nitrogen and oxygen atoms in total. The van der Waals surface area contributed by atoms with Crippen LogP contribution in [-0.2, 0) is 0 Å². The number of rotatable bonds is 6. The Labute approximate surface area is 136 Å². The third-order valence-corrected chi connectivity index (χ3v) is 3.49. The van der Waals surface area contributed by atoms with E-state index >= 15 is 0 Å². The minimum Gasteiger partial charge on any atom is -0.354 e. The number of nitrogens with zero attached hydrogens (tertiary/aromatic N) is 1. The van der Waals surface area contributed by atoms with E-state index in [-0.39, 0.29) is 5.91 Å². The molecule has 0 radical (unpaired) electrons. The SMILES string of the molecule is CN(C)CCNC(=O)c1ccccc1Nc1ccccc1Cl. The highest BCUT2D eigenvalue weighted by atomic mass is 35.5. The van der Waals surface area contributed by atoms with Gasteiger partial charge in [-0.3, -0.25) is 4.79 Å². The fourth-order valence-corrected chi connectivity index (χ4v) is 2.17. The van der Waals surface area contributed by atoms with Gasteiger partial charge in [0, 0.05) is 13.1 Å². The average Bonchev–Trinajstić information content (AvgIpc) is 2.49. The maximum atomic E-state index is 12.3. The summed E-state index contributed by atoms with van der Waals surface area (Å²) in [6.45, 7) is 1.40. The van der Waals surface area contributed by atoms with E-state index in [1.54, 1.807) is 6.07 Å². The monoisotopic (exact) mass is 317 g/mol. The first-order valence-electron chi connectivity index (χ1n) is 7.11. The maximum absolute atomic E-state index is 12.3. The van der Waals surface area contributed by atoms with E-state index in [9.17, 15) is 4.79 Å². The summed E-state index contributed by atoms with van der Waals surface area (Å²) in [5, 5.41) is 6.75. The van der Waals surface area contributed by atoms with Gasteiger partial charge < -0.3 is 15.5 Å². The fourth-order valence-electron chi connectivity index (χ4n) is 1.99. The van der Waals surface area contributed by atoms with Crippen LogP contribution in [-0.4, -0.2) is 38.0 Å². The van der Waals surface area contributed by atoms with Gasteiger partial charge in [0.15, 0.2) is 0 Å². The molecule has 2 N–H and O–H groups in total. The van der Waals surface area contributed by atoms with Gasteiger partial charge in [-0.25, -0.2) is 0 Å². The van der Waals surface area contributed by atoms with E-state index in [0.717, 1.165) is 17.9 Å². The zero-order chi connectivity index (χ0) is 15.9. The molecule has 2 rings (SSSR count). The first-order chi connectivity index (χ1) is 10.6. The summed E-state index contributed by atoms with van der Waals surface area (Å²) in [5.74, 6) is -0.1000. The Morgan fingerprint density at radius 2 is 1.68 bits per heavy atom. The van der Waals surface area contributed by atoms with E-state index < -0.39 is 0 Å². The largest absolute Gasteiger partial charge is 0.354 e. The highest BCUT2D eigenvalue weighted by Gasteiger charge is 2.11. The van der Waals surface area contributed by atoms with E-state index in [2.05, 4.69) is 10.6 Å². The van der Waals surface area contributed by atoms with E-state index in [4.69, 9.17) is 11.6 Å². The number of benzene rings is 2. The molecule has 0 bridgehead atoms. The molecule has 116 valence electrons. The quantitative estimate of drug-likeness (QED) is 0.858. The maximum Gasteiger partial charge on any atom is 0.253 e. The molecule has 0 aliphatic rings. The van der Waals surface area contributed by atoms with Crippen molar-refractivity contribution in [2.24, 2.45) is 0 Å². The molecule has 0 fully saturated rings. The molecule has 0 aliphatic carbocycles. The molecule has 2 aromatic rings. The number of amides is 1. The molecule has 22 heavy (non-hydrogen) atoms. The van der Waals surface area contributed by atoms with E-state index in [1.165, 1.54) is 0 Å². The van der Waals surface area contributed by atoms with E-state index in [0.29, 0.717) is 17.1 Å². The lowest BCUT2D eigenvalue weighted by molar-refractivity contribution is 0.0952. The lowest BCUT2D eigenvalue weighted by atomic mass is 10.1. The molecule has 0 unspecified atom stereocenters. The van der Waals surface area contributed by atoms with Gasteiger partial charge >= 0.3 is 0 Å². The second kappa shape index (κ2) is 7.82. The van der Waals surface area contributed by atoms with Crippen LogP contribution in [0.1, 0.15) is 10.4 Å². The smallest absolute Gasteiger partial charge is 0.253 e. The van der Waals surface area contributed by atoms with Gasteiger partial charge in [-0.1, -0.05) is 35.9 Å². The van der Waals surface area contributed by atoms with Crippen LogP contribution in [0.15, 0.2) is 48.5 Å². The lowest BCUT2D eigenvalue weighted by Crippen LogP contribution is -2.31. The molecule has 0 aromatic heterocycles. The van der Waals surface area contributed by atoms with Crippen molar-refractivity contribution in [2.45, 2.75) is 0 Å². The van der Waals surface area contributed by atoms with Gasteiger partial charge in [0.2, 0.25) is 0 Å². The molecular weight excluding hydrogens is 298 g/mol. The number of halogens is 1. The second-order valence-electron chi connectivity index (χ2n) is 5.21. The van der Waals surface area contributed by atoms with Crippen molar-refractivity contribution in [1.82, 2.24) is 10.2 Å². The standard InChI is InChI=1S/C17H20ClN3O/c1-21(2)12-11-19-17(22)13-7-3-5-9-15(13)20-16-10-6-4-8-14(16)18/h3-10,20H,11-12H2,1-2H3,(H,19,22). The summed E-state index contributed by atoms with van der Waals surface area (Å²) in [4.78, 5) is 14.3. The number of carbonyl (C=O) groups excluding carboxylic acids is 1. The Morgan fingerprint density at radius 1 is 1.05 bits per heavy atom. The highest BCUT2D eigenvalue weighted by molar-refractivity contribution is 6.33. The molecule has 0 heterocycles. The summed E-state index contributed by atoms with van der Waals surface area (Å²) in [5.41, 5.74) is 2.11. The Hall–Kier alpha value is -2.04. The van der Waals surface area contributed by atoms with Gasteiger partial charge in [-0.15, -0.1) is 0 Å². The fraction of sp³-hybridized carbons (Fsp3) is 0.235. The number of anilines is 2. The van der Waals surface area contributed by atoms with Crippen LogP contribution in [0.3, 0.4) is 0 Å². The zero-order valence-corrected chi connectivity index (χ0v) is 13.5. The van der Waals surface area contributed by atoms with Crippen molar-refractivity contribution in [3.63, 3.8) is 0 Å². The molecular formula is C17H20ClN3O. The predicted octanol–water partition coefficient (Wildman–Crippen LogP) is 3.38. The molecule has 0 aliphatic heterocycles. The van der Waals surface area contributed by atoms with Crippen LogP contribution in [0.2, 0.25) is 5.02 Å². The minimum absolute atomic E-state index is 0.1000. The second-order valence-corrected chi connectivity index (χ2v) is 5.62. The van der Waals surface area contributed by atoms with Crippen molar-refractivity contribution in [3.8, 4) is 0 Å². The predicted molar refractivity (Wildman–Crippen MR) is 92.1 cm³/mol. The van der Waals surface area contributed by atoms with Crippen LogP contribution in [0.4, 0.5) is 11.4 Å². The number of likely N-dealkylation sites (N-methyl/N-ethyl adjacent to an activating group) is 1. The van der Waals surface area contributed by atoms with Crippen molar-refractivity contribution in [1.29, 1.82) is 0 Å². The van der Waals surface area contributed by atoms with E-state index in [1.807, 2.05) is 61.5 Å². The van der Waals surface area contributed by atoms with Crippen molar-refractivity contribution >= 4 is 28.9 Å². The third kappa shape index (κ3) is 4.48. The van der Waals surface area contributed by atoms with Crippen LogP contribution >= 0.6 is 11.6 Å². The number of hydrogen-bond donors (Lipinski definition) is 2. The van der Waals surface area contributed by atoms with Crippen molar-refractivity contribution < 1.29 is 4.79 Å². The molecule has 5 heteroatoms. The van der Waals surface area contributed by atoms with Crippen molar-refractivity contribution in [2.75, 3.05) is 32.5 Å². The number of carbonyl (C=O) groups is 1. The average molecular weight is 318 g/mol. The lowest BCUT2D eigenvalue weighted by Gasteiger charge is -2.14. The van der Waals surface area contributed by atoms with Gasteiger partial charge in [-0.05, 0) is 38.4 Å².